The summed E-state index contributed by atoms with van der Waals surface area (Å²) in [5.74, 6) is 1.20. The predicted octanol–water partition coefficient (Wildman–Crippen LogP) is 5.13. The van der Waals surface area contributed by atoms with Crippen LogP contribution in [-0.2, 0) is 6.42 Å². The number of piperidine rings is 1. The van der Waals surface area contributed by atoms with E-state index in [1.165, 1.54) is 0 Å². The van der Waals surface area contributed by atoms with Crippen LogP contribution in [0, 0.1) is 23.5 Å². The Morgan fingerprint density at radius 3 is 2.42 bits per heavy atom. The van der Waals surface area contributed by atoms with E-state index in [1.807, 2.05) is 0 Å². The number of anilines is 1. The van der Waals surface area contributed by atoms with E-state index in [0.717, 1.165) is 69.3 Å². The first-order valence-corrected chi connectivity index (χ1v) is 12.7. The minimum atomic E-state index is -0.794. The third-order valence-electron chi connectivity index (χ3n) is 6.47. The van der Waals surface area contributed by atoms with Gasteiger partial charge in [-0.3, -0.25) is 0 Å². The smallest absolute Gasteiger partial charge is 0.227 e. The molecule has 1 aliphatic rings. The third kappa shape index (κ3) is 6.12. The Labute approximate surface area is 218 Å². The maximum absolute atomic E-state index is 14.3. The molecule has 10 nitrogen and oxygen atoms in total. The van der Waals surface area contributed by atoms with Crippen molar-refractivity contribution in [2.75, 3.05) is 24.6 Å². The summed E-state index contributed by atoms with van der Waals surface area (Å²) in [6.45, 7) is 6.30. The second kappa shape index (κ2) is 11.6. The quantitative estimate of drug-likeness (QED) is 0.258. The molecule has 0 unspecified atom stereocenters. The number of halogens is 2. The van der Waals surface area contributed by atoms with Gasteiger partial charge in [-0.05, 0) is 37.5 Å². The van der Waals surface area contributed by atoms with Gasteiger partial charge in [-0.15, -0.1) is 0 Å². The molecular weight excluding hydrogens is 496 g/mol. The normalized spacial score (nSPS) is 14.4. The molecule has 0 atom stereocenters. The lowest BCUT2D eigenvalue weighted by molar-refractivity contribution is 0.277. The van der Waals surface area contributed by atoms with E-state index >= 15 is 0 Å². The van der Waals surface area contributed by atoms with Crippen LogP contribution in [0.25, 0.3) is 22.8 Å². The molecule has 4 heterocycles. The molecule has 0 spiro atoms. The Bertz CT molecular complexity index is 1300. The molecule has 0 aliphatic carbocycles. The van der Waals surface area contributed by atoms with Gasteiger partial charge in [0, 0.05) is 44.0 Å². The van der Waals surface area contributed by atoms with E-state index in [1.54, 1.807) is 12.4 Å². The SMILES string of the molecule is CC(C)Cc1nc(-c2cnc(N3CCC(CCCOc4cc(F)c(-c5ncon5)c(F)c4)CC3)nc2)no1. The maximum atomic E-state index is 14.3. The molecule has 0 saturated carbocycles. The van der Waals surface area contributed by atoms with Crippen LogP contribution in [0.5, 0.6) is 5.75 Å². The van der Waals surface area contributed by atoms with Crippen molar-refractivity contribution in [3.63, 3.8) is 0 Å². The van der Waals surface area contributed by atoms with Gasteiger partial charge >= 0.3 is 0 Å². The summed E-state index contributed by atoms with van der Waals surface area (Å²) in [6.07, 6.45) is 9.00. The molecule has 0 amide bonds. The van der Waals surface area contributed by atoms with Crippen LogP contribution in [-0.4, -0.2) is 49.9 Å². The van der Waals surface area contributed by atoms with E-state index in [0.29, 0.717) is 36.1 Å². The zero-order valence-electron chi connectivity index (χ0n) is 21.3. The van der Waals surface area contributed by atoms with E-state index < -0.39 is 11.6 Å². The summed E-state index contributed by atoms with van der Waals surface area (Å²) < 4.78 is 44.1. The number of aromatic nitrogens is 6. The van der Waals surface area contributed by atoms with Crippen LogP contribution in [0.4, 0.5) is 14.7 Å². The van der Waals surface area contributed by atoms with Gasteiger partial charge in [-0.2, -0.15) is 9.97 Å². The van der Waals surface area contributed by atoms with Crippen molar-refractivity contribution in [3.8, 4) is 28.5 Å². The van der Waals surface area contributed by atoms with E-state index in [2.05, 4.69) is 53.5 Å². The minimum Gasteiger partial charge on any atom is -0.493 e. The van der Waals surface area contributed by atoms with Gasteiger partial charge < -0.3 is 18.7 Å². The number of rotatable bonds is 10. The topological polar surface area (TPSA) is 116 Å². The van der Waals surface area contributed by atoms with E-state index in [9.17, 15) is 8.78 Å². The number of hydrogen-bond acceptors (Lipinski definition) is 10. The molecule has 1 aliphatic heterocycles. The van der Waals surface area contributed by atoms with Gasteiger partial charge in [0.1, 0.15) is 17.4 Å². The molecule has 1 saturated heterocycles. The maximum Gasteiger partial charge on any atom is 0.227 e. The molecule has 4 aromatic rings. The van der Waals surface area contributed by atoms with Crippen molar-refractivity contribution in [1.82, 2.24) is 30.2 Å². The Kier molecular flexibility index (Phi) is 7.85. The van der Waals surface area contributed by atoms with Gasteiger partial charge in [-0.1, -0.05) is 24.2 Å². The highest BCUT2D eigenvalue weighted by molar-refractivity contribution is 5.57. The zero-order valence-corrected chi connectivity index (χ0v) is 21.3. The van der Waals surface area contributed by atoms with Gasteiger partial charge in [-0.25, -0.2) is 18.7 Å². The number of benzene rings is 1. The van der Waals surface area contributed by atoms with Crippen LogP contribution in [0.2, 0.25) is 0 Å². The van der Waals surface area contributed by atoms with Crippen molar-refractivity contribution in [1.29, 1.82) is 0 Å². The van der Waals surface area contributed by atoms with Crippen molar-refractivity contribution in [2.24, 2.45) is 11.8 Å². The fourth-order valence-electron chi connectivity index (χ4n) is 4.52. The Morgan fingerprint density at radius 2 is 1.76 bits per heavy atom. The van der Waals surface area contributed by atoms with Gasteiger partial charge in [0.25, 0.3) is 0 Å². The Morgan fingerprint density at radius 1 is 1.03 bits per heavy atom. The Hall–Kier alpha value is -3.96. The average molecular weight is 526 g/mol. The summed E-state index contributed by atoms with van der Waals surface area (Å²) in [5, 5.41) is 7.52. The van der Waals surface area contributed by atoms with E-state index in [-0.39, 0.29) is 17.1 Å². The summed E-state index contributed by atoms with van der Waals surface area (Å²) in [7, 11) is 0. The van der Waals surface area contributed by atoms with Gasteiger partial charge in [0.15, 0.2) is 0 Å². The number of nitrogens with zero attached hydrogens (tertiary/aromatic N) is 7. The first-order valence-electron chi connectivity index (χ1n) is 12.7. The number of hydrogen-bond donors (Lipinski definition) is 0. The lowest BCUT2D eigenvalue weighted by Crippen LogP contribution is -2.34. The molecule has 3 aromatic heterocycles. The fraction of sp³-hybridized carbons (Fsp3) is 0.462. The van der Waals surface area contributed by atoms with Gasteiger partial charge in [0.2, 0.25) is 29.9 Å². The first kappa shape index (κ1) is 25.7. The largest absolute Gasteiger partial charge is 0.493 e. The molecule has 1 aromatic carbocycles. The fourth-order valence-corrected chi connectivity index (χ4v) is 4.52. The summed E-state index contributed by atoms with van der Waals surface area (Å²) >= 11 is 0. The summed E-state index contributed by atoms with van der Waals surface area (Å²) in [6, 6.07) is 2.28. The monoisotopic (exact) mass is 525 g/mol. The Balaban J connectivity index is 1.05. The highest BCUT2D eigenvalue weighted by atomic mass is 19.1. The molecule has 1 fully saturated rings. The highest BCUT2D eigenvalue weighted by Crippen LogP contribution is 2.28. The standard InChI is InChI=1S/C26H29F2N7O3/c1-16(2)10-22-32-24(34-38-22)18-13-29-26(30-14-18)35-7-5-17(6-8-35)4-3-9-36-19-11-20(27)23(21(28)12-19)25-31-15-37-33-25/h11-17H,3-10H2,1-2H3. The third-order valence-corrected chi connectivity index (χ3v) is 6.47. The molecule has 0 radical (unpaired) electrons. The zero-order chi connectivity index (χ0) is 26.5. The van der Waals surface area contributed by atoms with E-state index in [4.69, 9.17) is 9.26 Å². The second-order valence-corrected chi connectivity index (χ2v) is 9.82. The molecule has 38 heavy (non-hydrogen) atoms. The minimum absolute atomic E-state index is 0.137. The van der Waals surface area contributed by atoms with Crippen LogP contribution in [0.15, 0.2) is 40.0 Å². The van der Waals surface area contributed by atoms with Crippen LogP contribution < -0.4 is 9.64 Å². The second-order valence-electron chi connectivity index (χ2n) is 9.82. The first-order chi connectivity index (χ1) is 18.5. The molecule has 200 valence electrons. The molecule has 12 heteroatoms. The molecule has 0 bridgehead atoms. The van der Waals surface area contributed by atoms with Crippen LogP contribution in [0.1, 0.15) is 45.4 Å². The average Bonchev–Trinajstić information content (AvgIpc) is 3.59. The number of ether oxygens (including phenoxy) is 1. The highest BCUT2D eigenvalue weighted by Gasteiger charge is 2.22. The predicted molar refractivity (Wildman–Crippen MR) is 133 cm³/mol. The van der Waals surface area contributed by atoms with Crippen LogP contribution >= 0.6 is 0 Å². The van der Waals surface area contributed by atoms with Crippen molar-refractivity contribution in [2.45, 2.75) is 46.0 Å². The lowest BCUT2D eigenvalue weighted by Gasteiger charge is -2.32. The molecule has 5 rings (SSSR count). The van der Waals surface area contributed by atoms with Crippen LogP contribution in [0.3, 0.4) is 0 Å². The van der Waals surface area contributed by atoms with Crippen molar-refractivity contribution >= 4 is 5.95 Å². The molecule has 0 N–H and O–H groups in total. The summed E-state index contributed by atoms with van der Waals surface area (Å²) in [5.41, 5.74) is 0.397. The summed E-state index contributed by atoms with van der Waals surface area (Å²) in [4.78, 5) is 19.3. The molecular formula is C26H29F2N7O3. The van der Waals surface area contributed by atoms with Gasteiger partial charge in [0.05, 0.1) is 17.7 Å². The van der Waals surface area contributed by atoms with Crippen molar-refractivity contribution in [3.05, 3.63) is 48.4 Å². The van der Waals surface area contributed by atoms with Crippen molar-refractivity contribution < 1.29 is 22.6 Å². The lowest BCUT2D eigenvalue weighted by atomic mass is 9.92.